The van der Waals surface area contributed by atoms with Crippen LogP contribution in [0.5, 0.6) is 5.75 Å². The molecule has 0 heterocycles. The minimum atomic E-state index is -1.17. The van der Waals surface area contributed by atoms with E-state index in [4.69, 9.17) is 4.74 Å². The monoisotopic (exact) mass is 423 g/mol. The molecule has 166 valence electrons. The summed E-state index contributed by atoms with van der Waals surface area (Å²) in [5, 5.41) is 12.7. The van der Waals surface area contributed by atoms with Crippen molar-refractivity contribution in [2.24, 2.45) is 0 Å². The van der Waals surface area contributed by atoms with E-state index in [1.165, 1.54) is 11.1 Å². The van der Waals surface area contributed by atoms with Crippen molar-refractivity contribution in [1.82, 2.24) is 5.32 Å². The van der Waals surface area contributed by atoms with Crippen LogP contribution in [0.1, 0.15) is 72.0 Å². The number of carboxylic acid groups (broad SMARTS) is 1. The molecular weight excluding hydrogens is 390 g/mol. The summed E-state index contributed by atoms with van der Waals surface area (Å²) < 4.78 is 5.50. The van der Waals surface area contributed by atoms with Gasteiger partial charge in [0.1, 0.15) is 11.3 Å². The summed E-state index contributed by atoms with van der Waals surface area (Å²) in [5.74, 6) is -0.510. The molecule has 3 rings (SSSR count). The molecule has 0 radical (unpaired) electrons. The van der Waals surface area contributed by atoms with E-state index >= 15 is 0 Å². The molecule has 1 amide bonds. The fourth-order valence-electron chi connectivity index (χ4n) is 4.48. The van der Waals surface area contributed by atoms with Crippen molar-refractivity contribution in [3.63, 3.8) is 0 Å². The summed E-state index contributed by atoms with van der Waals surface area (Å²) in [7, 11) is 1.63. The fourth-order valence-corrected chi connectivity index (χ4v) is 4.48. The highest BCUT2D eigenvalue weighted by molar-refractivity contribution is 5.98. The van der Waals surface area contributed by atoms with Crippen LogP contribution in [0.2, 0.25) is 0 Å². The lowest BCUT2D eigenvalue weighted by Gasteiger charge is -2.29. The maximum atomic E-state index is 13.0. The summed E-state index contributed by atoms with van der Waals surface area (Å²) >= 11 is 0. The van der Waals surface area contributed by atoms with Crippen molar-refractivity contribution < 1.29 is 19.4 Å². The zero-order chi connectivity index (χ0) is 22.3. The fraction of sp³-hybridized carbons (Fsp3) is 0.462. The van der Waals surface area contributed by atoms with Gasteiger partial charge in [0.25, 0.3) is 5.91 Å². The van der Waals surface area contributed by atoms with E-state index in [2.05, 4.69) is 36.5 Å². The first-order chi connectivity index (χ1) is 14.9. The number of hydrogen-bond donors (Lipinski definition) is 2. The molecule has 2 aromatic rings. The molecule has 0 aromatic heterocycles. The molecule has 0 atom stereocenters. The summed E-state index contributed by atoms with van der Waals surface area (Å²) in [4.78, 5) is 25.0. The van der Waals surface area contributed by atoms with Gasteiger partial charge in [-0.05, 0) is 68.4 Å². The van der Waals surface area contributed by atoms with E-state index in [0.29, 0.717) is 18.4 Å². The number of amides is 1. The van der Waals surface area contributed by atoms with E-state index in [9.17, 15) is 14.7 Å². The van der Waals surface area contributed by atoms with E-state index < -0.39 is 11.5 Å². The zero-order valence-corrected chi connectivity index (χ0v) is 18.6. The Bertz CT molecular complexity index is 913. The second kappa shape index (κ2) is 10.5. The third-order valence-corrected chi connectivity index (χ3v) is 6.26. The van der Waals surface area contributed by atoms with Gasteiger partial charge >= 0.3 is 5.97 Å². The predicted octanol–water partition coefficient (Wildman–Crippen LogP) is 5.09. The van der Waals surface area contributed by atoms with Crippen molar-refractivity contribution in [2.75, 3.05) is 7.11 Å². The third kappa shape index (κ3) is 5.87. The second-order valence-electron chi connectivity index (χ2n) is 8.62. The second-order valence-corrected chi connectivity index (χ2v) is 8.62. The Hall–Kier alpha value is -2.82. The topological polar surface area (TPSA) is 75.6 Å². The molecule has 0 bridgehead atoms. The smallest absolute Gasteiger partial charge is 0.329 e. The maximum Gasteiger partial charge on any atom is 0.329 e. The van der Waals surface area contributed by atoms with Crippen molar-refractivity contribution >= 4 is 11.9 Å². The van der Waals surface area contributed by atoms with Gasteiger partial charge in [-0.2, -0.15) is 0 Å². The van der Waals surface area contributed by atoms with Gasteiger partial charge in [-0.25, -0.2) is 4.79 Å². The number of methoxy groups -OCH3 is 1. The van der Waals surface area contributed by atoms with E-state index in [1.54, 1.807) is 19.2 Å². The third-order valence-electron chi connectivity index (χ3n) is 6.26. The van der Waals surface area contributed by atoms with Gasteiger partial charge in [-0.3, -0.25) is 4.79 Å². The van der Waals surface area contributed by atoms with Crippen LogP contribution in [-0.2, 0) is 17.6 Å². The number of carboxylic acids is 1. The zero-order valence-electron chi connectivity index (χ0n) is 18.6. The average molecular weight is 424 g/mol. The van der Waals surface area contributed by atoms with Crippen LogP contribution in [0, 0.1) is 6.92 Å². The Balaban J connectivity index is 1.72. The van der Waals surface area contributed by atoms with Gasteiger partial charge < -0.3 is 15.2 Å². The number of rotatable bonds is 8. The van der Waals surface area contributed by atoms with Crippen molar-refractivity contribution in [2.45, 2.75) is 70.3 Å². The van der Waals surface area contributed by atoms with Gasteiger partial charge in [0.15, 0.2) is 0 Å². The molecule has 2 aromatic carbocycles. The predicted molar refractivity (Wildman–Crippen MR) is 122 cm³/mol. The molecule has 1 aliphatic rings. The summed E-state index contributed by atoms with van der Waals surface area (Å²) in [6.45, 7) is 2.09. The number of aliphatic carboxylic acids is 1. The Kier molecular flexibility index (Phi) is 7.72. The SMILES string of the molecule is COc1ccc(C(=O)NC2(C(=O)O)CCCCCC2)cc1CCCc1cccc(C)c1. The normalized spacial score (nSPS) is 15.7. The molecule has 0 spiro atoms. The summed E-state index contributed by atoms with van der Waals surface area (Å²) in [6, 6.07) is 13.8. The standard InChI is InChI=1S/C26H33NO4/c1-19-9-7-10-20(17-19)11-8-12-21-18-22(13-14-23(21)31-2)24(28)27-26(25(29)30)15-5-3-4-6-16-26/h7,9-10,13-14,17-18H,3-6,8,11-12,15-16H2,1-2H3,(H,27,28)(H,29,30). The Morgan fingerprint density at radius 1 is 1.03 bits per heavy atom. The quantitative estimate of drug-likeness (QED) is 0.580. The molecular formula is C26H33NO4. The van der Waals surface area contributed by atoms with Gasteiger partial charge in [0.05, 0.1) is 7.11 Å². The Morgan fingerprint density at radius 2 is 1.77 bits per heavy atom. The van der Waals surface area contributed by atoms with Crippen LogP contribution in [-0.4, -0.2) is 29.6 Å². The minimum absolute atomic E-state index is 0.327. The molecule has 0 unspecified atom stereocenters. The van der Waals surface area contributed by atoms with Crippen LogP contribution < -0.4 is 10.1 Å². The van der Waals surface area contributed by atoms with E-state index in [1.807, 2.05) is 6.07 Å². The summed E-state index contributed by atoms with van der Waals surface area (Å²) in [5.41, 5.74) is 2.83. The Morgan fingerprint density at radius 3 is 2.42 bits per heavy atom. The highest BCUT2D eigenvalue weighted by Crippen LogP contribution is 2.29. The van der Waals surface area contributed by atoms with Gasteiger partial charge in [-0.15, -0.1) is 0 Å². The first-order valence-electron chi connectivity index (χ1n) is 11.2. The van der Waals surface area contributed by atoms with Crippen LogP contribution in [0.15, 0.2) is 42.5 Å². The van der Waals surface area contributed by atoms with Crippen LogP contribution in [0.3, 0.4) is 0 Å². The first kappa shape index (κ1) is 22.9. The van der Waals surface area contributed by atoms with Gasteiger partial charge in [0.2, 0.25) is 0 Å². The number of hydrogen-bond acceptors (Lipinski definition) is 3. The number of nitrogens with one attached hydrogen (secondary N) is 1. The van der Waals surface area contributed by atoms with Gasteiger partial charge in [-0.1, -0.05) is 55.5 Å². The highest BCUT2D eigenvalue weighted by Gasteiger charge is 2.40. The number of carbonyl (C=O) groups excluding carboxylic acids is 1. The highest BCUT2D eigenvalue weighted by atomic mass is 16.5. The van der Waals surface area contributed by atoms with E-state index in [-0.39, 0.29) is 5.91 Å². The van der Waals surface area contributed by atoms with Crippen LogP contribution in [0.25, 0.3) is 0 Å². The minimum Gasteiger partial charge on any atom is -0.496 e. The van der Waals surface area contributed by atoms with Crippen molar-refractivity contribution in [3.8, 4) is 5.75 Å². The van der Waals surface area contributed by atoms with E-state index in [0.717, 1.165) is 56.3 Å². The van der Waals surface area contributed by atoms with Crippen LogP contribution >= 0.6 is 0 Å². The van der Waals surface area contributed by atoms with Crippen LogP contribution in [0.4, 0.5) is 0 Å². The molecule has 1 fully saturated rings. The molecule has 2 N–H and O–H groups in total. The largest absolute Gasteiger partial charge is 0.496 e. The first-order valence-corrected chi connectivity index (χ1v) is 11.2. The molecule has 0 saturated heterocycles. The lowest BCUT2D eigenvalue weighted by molar-refractivity contribution is -0.145. The maximum absolute atomic E-state index is 13.0. The molecule has 1 aliphatic carbocycles. The number of benzene rings is 2. The molecule has 0 aliphatic heterocycles. The number of aryl methyl sites for hydroxylation is 3. The molecule has 5 nitrogen and oxygen atoms in total. The van der Waals surface area contributed by atoms with Crippen molar-refractivity contribution in [1.29, 1.82) is 0 Å². The number of ether oxygens (including phenoxy) is 1. The summed E-state index contributed by atoms with van der Waals surface area (Å²) in [6.07, 6.45) is 7.28. The average Bonchev–Trinajstić information content (AvgIpc) is 3.00. The molecule has 31 heavy (non-hydrogen) atoms. The Labute approximate surface area is 184 Å². The number of carbonyl (C=O) groups is 2. The lowest BCUT2D eigenvalue weighted by atomic mass is 9.89. The molecule has 5 heteroatoms. The van der Waals surface area contributed by atoms with Crippen molar-refractivity contribution in [3.05, 3.63) is 64.7 Å². The molecule has 1 saturated carbocycles. The van der Waals surface area contributed by atoms with Gasteiger partial charge in [0, 0.05) is 5.56 Å². The lowest BCUT2D eigenvalue weighted by Crippen LogP contribution is -2.54.